The highest BCUT2D eigenvalue weighted by atomic mass is 16.4. The Bertz CT molecular complexity index is 416. The summed E-state index contributed by atoms with van der Waals surface area (Å²) in [6.45, 7) is 14.7. The lowest BCUT2D eigenvalue weighted by Gasteiger charge is -2.10. The van der Waals surface area contributed by atoms with Gasteiger partial charge in [0.25, 0.3) is 0 Å². The van der Waals surface area contributed by atoms with E-state index in [1.807, 2.05) is 24.3 Å². The number of rotatable bonds is 6. The van der Waals surface area contributed by atoms with Gasteiger partial charge in [-0.25, -0.2) is 0 Å². The van der Waals surface area contributed by atoms with E-state index in [1.54, 1.807) is 6.92 Å². The predicted molar refractivity (Wildman–Crippen MR) is 94.4 cm³/mol. The maximum absolute atomic E-state index is 10.8. The summed E-state index contributed by atoms with van der Waals surface area (Å²) in [7, 11) is 0. The van der Waals surface area contributed by atoms with Gasteiger partial charge in [0.05, 0.1) is 5.92 Å². The molecule has 0 aromatic heterocycles. The molecule has 0 spiro atoms. The topological polar surface area (TPSA) is 49.3 Å². The summed E-state index contributed by atoms with van der Waals surface area (Å²) < 4.78 is 0. The van der Waals surface area contributed by atoms with Gasteiger partial charge >= 0.3 is 5.97 Å². The number of carboxylic acids is 1. The molecule has 1 aromatic rings. The standard InChI is InChI=1S/C13H18O2.C6H15N/c1-9(2)8-11-4-6-12(7-5-11)10(3)13(14)15;1-5(2)7-6(3)4/h4-7,9-10H,8H2,1-3H3,(H,14,15);5-7H,1-4H3/t10-;/m0./s1. The molecule has 0 saturated heterocycles. The molecule has 0 unspecified atom stereocenters. The second kappa shape index (κ2) is 10.4. The van der Waals surface area contributed by atoms with E-state index in [2.05, 4.69) is 46.9 Å². The number of nitrogens with one attached hydrogen (secondary N) is 1. The minimum absolute atomic E-state index is 0.418. The van der Waals surface area contributed by atoms with Crippen molar-refractivity contribution in [2.45, 2.75) is 72.9 Å². The third kappa shape index (κ3) is 9.56. The van der Waals surface area contributed by atoms with E-state index in [4.69, 9.17) is 5.11 Å². The molecule has 0 heterocycles. The Morgan fingerprint density at radius 3 is 1.68 bits per heavy atom. The van der Waals surface area contributed by atoms with Crippen LogP contribution in [0.5, 0.6) is 0 Å². The van der Waals surface area contributed by atoms with Crippen LogP contribution in [0.2, 0.25) is 0 Å². The number of carboxylic acid groups (broad SMARTS) is 1. The molecule has 3 heteroatoms. The quantitative estimate of drug-likeness (QED) is 0.815. The molecule has 0 saturated carbocycles. The molecule has 22 heavy (non-hydrogen) atoms. The van der Waals surface area contributed by atoms with Crippen LogP contribution in [-0.4, -0.2) is 23.2 Å². The van der Waals surface area contributed by atoms with Gasteiger partial charge in [-0.1, -0.05) is 65.8 Å². The van der Waals surface area contributed by atoms with E-state index in [0.29, 0.717) is 18.0 Å². The molecule has 0 fully saturated rings. The third-order valence-corrected chi connectivity index (χ3v) is 3.16. The highest BCUT2D eigenvalue weighted by Gasteiger charge is 2.12. The van der Waals surface area contributed by atoms with E-state index >= 15 is 0 Å². The molecule has 2 N–H and O–H groups in total. The van der Waals surface area contributed by atoms with Crippen molar-refractivity contribution in [2.75, 3.05) is 0 Å². The van der Waals surface area contributed by atoms with E-state index in [9.17, 15) is 4.79 Å². The minimum Gasteiger partial charge on any atom is -0.481 e. The monoisotopic (exact) mass is 307 g/mol. The van der Waals surface area contributed by atoms with Crippen LogP contribution in [0, 0.1) is 5.92 Å². The molecule has 0 aliphatic rings. The van der Waals surface area contributed by atoms with Gasteiger partial charge < -0.3 is 10.4 Å². The first-order valence-electron chi connectivity index (χ1n) is 8.21. The highest BCUT2D eigenvalue weighted by Crippen LogP contribution is 2.17. The lowest BCUT2D eigenvalue weighted by Crippen LogP contribution is -2.29. The number of carbonyl (C=O) groups is 1. The average molecular weight is 307 g/mol. The van der Waals surface area contributed by atoms with Crippen molar-refractivity contribution in [1.29, 1.82) is 0 Å². The van der Waals surface area contributed by atoms with Crippen molar-refractivity contribution in [3.05, 3.63) is 35.4 Å². The van der Waals surface area contributed by atoms with Gasteiger partial charge in [-0.2, -0.15) is 0 Å². The van der Waals surface area contributed by atoms with Crippen molar-refractivity contribution in [3.63, 3.8) is 0 Å². The van der Waals surface area contributed by atoms with Crippen molar-refractivity contribution < 1.29 is 9.90 Å². The maximum atomic E-state index is 10.8. The summed E-state index contributed by atoms with van der Waals surface area (Å²) in [5, 5.41) is 12.2. The van der Waals surface area contributed by atoms with Gasteiger partial charge in [-0.15, -0.1) is 0 Å². The third-order valence-electron chi connectivity index (χ3n) is 3.16. The Labute approximate surface area is 136 Å². The number of hydrogen-bond donors (Lipinski definition) is 2. The normalized spacial score (nSPS) is 12.3. The fourth-order valence-corrected chi connectivity index (χ4v) is 2.22. The minimum atomic E-state index is -0.772. The van der Waals surface area contributed by atoms with Crippen LogP contribution in [0.15, 0.2) is 24.3 Å². The zero-order valence-electron chi connectivity index (χ0n) is 15.2. The van der Waals surface area contributed by atoms with Crippen molar-refractivity contribution >= 4 is 5.97 Å². The Kier molecular flexibility index (Phi) is 9.75. The molecule has 0 bridgehead atoms. The van der Waals surface area contributed by atoms with Crippen LogP contribution in [0.4, 0.5) is 0 Å². The molecular formula is C19H33NO2. The molecule has 0 radical (unpaired) electrons. The predicted octanol–water partition coefficient (Wildman–Crippen LogP) is 4.47. The number of benzene rings is 1. The van der Waals surface area contributed by atoms with Gasteiger partial charge in [0.1, 0.15) is 0 Å². The van der Waals surface area contributed by atoms with Crippen molar-refractivity contribution in [3.8, 4) is 0 Å². The summed E-state index contributed by atoms with van der Waals surface area (Å²) in [5.74, 6) is -0.558. The van der Waals surface area contributed by atoms with Crippen LogP contribution in [-0.2, 0) is 11.2 Å². The van der Waals surface area contributed by atoms with Crippen LogP contribution >= 0.6 is 0 Å². The van der Waals surface area contributed by atoms with E-state index < -0.39 is 11.9 Å². The van der Waals surface area contributed by atoms with Gasteiger partial charge in [0, 0.05) is 12.1 Å². The molecule has 126 valence electrons. The van der Waals surface area contributed by atoms with Gasteiger partial charge in [-0.3, -0.25) is 4.79 Å². The van der Waals surface area contributed by atoms with Crippen LogP contribution < -0.4 is 5.32 Å². The first-order valence-corrected chi connectivity index (χ1v) is 8.21. The average Bonchev–Trinajstić information content (AvgIpc) is 2.37. The summed E-state index contributed by atoms with van der Waals surface area (Å²) in [5.41, 5.74) is 2.14. The maximum Gasteiger partial charge on any atom is 0.310 e. The van der Waals surface area contributed by atoms with Crippen LogP contribution in [0.3, 0.4) is 0 Å². The zero-order valence-corrected chi connectivity index (χ0v) is 15.2. The SMILES string of the molecule is CC(C)Cc1ccc([C@H](C)C(=O)O)cc1.CC(C)NC(C)C. The summed E-state index contributed by atoms with van der Waals surface area (Å²) >= 11 is 0. The Morgan fingerprint density at radius 1 is 0.955 bits per heavy atom. The number of hydrogen-bond acceptors (Lipinski definition) is 2. The molecule has 1 rings (SSSR count). The molecule has 0 amide bonds. The summed E-state index contributed by atoms with van der Waals surface area (Å²) in [6, 6.07) is 9.12. The van der Waals surface area contributed by atoms with Gasteiger partial charge in [-0.05, 0) is 30.4 Å². The Balaban J connectivity index is 0.000000534. The molecular weight excluding hydrogens is 274 g/mol. The van der Waals surface area contributed by atoms with E-state index in [0.717, 1.165) is 12.0 Å². The van der Waals surface area contributed by atoms with E-state index in [-0.39, 0.29) is 0 Å². The molecule has 3 nitrogen and oxygen atoms in total. The number of aliphatic carboxylic acids is 1. The zero-order chi connectivity index (χ0) is 17.3. The van der Waals surface area contributed by atoms with Crippen LogP contribution in [0.1, 0.15) is 65.5 Å². The summed E-state index contributed by atoms with van der Waals surface area (Å²) in [4.78, 5) is 10.8. The Morgan fingerprint density at radius 2 is 1.41 bits per heavy atom. The molecule has 1 atom stereocenters. The lowest BCUT2D eigenvalue weighted by atomic mass is 9.97. The first-order chi connectivity index (χ1) is 10.1. The molecule has 0 aliphatic heterocycles. The molecule has 0 aliphatic carbocycles. The second-order valence-electron chi connectivity index (χ2n) is 6.88. The van der Waals surface area contributed by atoms with Gasteiger partial charge in [0.15, 0.2) is 0 Å². The fourth-order valence-electron chi connectivity index (χ4n) is 2.22. The first kappa shape index (κ1) is 20.6. The van der Waals surface area contributed by atoms with Crippen molar-refractivity contribution in [1.82, 2.24) is 5.32 Å². The lowest BCUT2D eigenvalue weighted by molar-refractivity contribution is -0.138. The highest BCUT2D eigenvalue weighted by molar-refractivity contribution is 5.75. The Hall–Kier alpha value is -1.35. The van der Waals surface area contributed by atoms with Gasteiger partial charge in [0.2, 0.25) is 0 Å². The van der Waals surface area contributed by atoms with Crippen molar-refractivity contribution in [2.24, 2.45) is 5.92 Å². The fraction of sp³-hybridized carbons (Fsp3) is 0.632. The largest absolute Gasteiger partial charge is 0.481 e. The smallest absolute Gasteiger partial charge is 0.310 e. The summed E-state index contributed by atoms with van der Waals surface area (Å²) in [6.07, 6.45) is 1.04. The second-order valence-corrected chi connectivity index (χ2v) is 6.88. The molecule has 1 aromatic carbocycles. The van der Waals surface area contributed by atoms with E-state index in [1.165, 1.54) is 5.56 Å². The van der Waals surface area contributed by atoms with Crippen LogP contribution in [0.25, 0.3) is 0 Å².